The van der Waals surface area contributed by atoms with Crippen LogP contribution in [0.4, 0.5) is 0 Å². The number of hydrogen-bond acceptors (Lipinski definition) is 2. The summed E-state index contributed by atoms with van der Waals surface area (Å²) in [5.74, 6) is -0.361. The number of nitrogens with zero attached hydrogens (tertiary/aromatic N) is 1. The summed E-state index contributed by atoms with van der Waals surface area (Å²) in [4.78, 5) is 27.4. The van der Waals surface area contributed by atoms with Crippen molar-refractivity contribution in [3.8, 4) is 0 Å². The molecule has 0 heterocycles. The molecule has 0 aliphatic rings. The summed E-state index contributed by atoms with van der Waals surface area (Å²) in [5.41, 5.74) is 2.59. The molecule has 0 aliphatic heterocycles. The average Bonchev–Trinajstić information content (AvgIpc) is 2.74. The van der Waals surface area contributed by atoms with Crippen LogP contribution in [0.5, 0.6) is 0 Å². The van der Waals surface area contributed by atoms with E-state index in [1.807, 2.05) is 78.9 Å². The van der Waals surface area contributed by atoms with E-state index in [4.69, 9.17) is 0 Å². The van der Waals surface area contributed by atoms with Gasteiger partial charge in [0, 0.05) is 25.6 Å². The van der Waals surface area contributed by atoms with Crippen LogP contribution in [0.3, 0.4) is 0 Å². The van der Waals surface area contributed by atoms with E-state index in [0.29, 0.717) is 18.5 Å². The van der Waals surface area contributed by atoms with Crippen LogP contribution in [-0.4, -0.2) is 29.8 Å². The number of benzene rings is 3. The van der Waals surface area contributed by atoms with Crippen molar-refractivity contribution < 1.29 is 9.59 Å². The van der Waals surface area contributed by atoms with Gasteiger partial charge in [-0.1, -0.05) is 78.9 Å². The summed E-state index contributed by atoms with van der Waals surface area (Å²) in [6.45, 7) is 0.492. The van der Waals surface area contributed by atoms with Crippen molar-refractivity contribution in [1.29, 1.82) is 0 Å². The topological polar surface area (TPSA) is 49.4 Å². The van der Waals surface area contributed by atoms with Crippen LogP contribution in [0.1, 0.15) is 21.5 Å². The molecule has 0 fully saturated rings. The molecule has 0 radical (unpaired) electrons. The number of rotatable bonds is 7. The van der Waals surface area contributed by atoms with Gasteiger partial charge in [0.1, 0.15) is 6.04 Å². The minimum absolute atomic E-state index is 0.114. The molecule has 0 aromatic heterocycles. The van der Waals surface area contributed by atoms with Crippen LogP contribution in [-0.2, 0) is 17.8 Å². The van der Waals surface area contributed by atoms with E-state index in [2.05, 4.69) is 5.32 Å². The van der Waals surface area contributed by atoms with Gasteiger partial charge in [0.15, 0.2) is 0 Å². The summed E-state index contributed by atoms with van der Waals surface area (Å²) < 4.78 is 0. The van der Waals surface area contributed by atoms with Gasteiger partial charge in [-0.3, -0.25) is 9.59 Å². The zero-order valence-electron chi connectivity index (χ0n) is 15.9. The Kier molecular flexibility index (Phi) is 6.58. The molecule has 4 heteroatoms. The lowest BCUT2D eigenvalue weighted by molar-refractivity contribution is -0.132. The standard InChI is InChI=1S/C24H24N2O2/c1-26(18-20-13-7-3-8-14-20)24(28)22(17-19-11-5-2-6-12-19)25-23(27)21-15-9-4-10-16-21/h2-16,22H,17-18H2,1H3,(H,25,27)/t22-/m0/s1. The predicted molar refractivity (Wildman–Crippen MR) is 111 cm³/mol. The molecule has 1 atom stereocenters. The van der Waals surface area contributed by atoms with Crippen LogP contribution >= 0.6 is 0 Å². The summed E-state index contributed by atoms with van der Waals surface area (Å²) in [7, 11) is 1.77. The predicted octanol–water partition coefficient (Wildman–Crippen LogP) is 3.69. The molecular weight excluding hydrogens is 348 g/mol. The van der Waals surface area contributed by atoms with Gasteiger partial charge in [-0.2, -0.15) is 0 Å². The van der Waals surface area contributed by atoms with Crippen LogP contribution in [0, 0.1) is 0 Å². The molecule has 3 rings (SSSR count). The second-order valence-electron chi connectivity index (χ2n) is 6.76. The highest BCUT2D eigenvalue weighted by Crippen LogP contribution is 2.10. The zero-order valence-corrected chi connectivity index (χ0v) is 15.9. The Labute approximate surface area is 165 Å². The Bertz CT molecular complexity index is 896. The van der Waals surface area contributed by atoms with E-state index >= 15 is 0 Å². The van der Waals surface area contributed by atoms with Crippen LogP contribution < -0.4 is 5.32 Å². The highest BCUT2D eigenvalue weighted by Gasteiger charge is 2.25. The number of hydrogen-bond donors (Lipinski definition) is 1. The minimum Gasteiger partial charge on any atom is -0.340 e. The molecule has 0 aliphatic carbocycles. The van der Waals surface area contributed by atoms with Gasteiger partial charge in [0.25, 0.3) is 5.91 Å². The minimum atomic E-state index is -0.635. The van der Waals surface area contributed by atoms with Crippen molar-refractivity contribution in [2.75, 3.05) is 7.05 Å². The lowest BCUT2D eigenvalue weighted by atomic mass is 10.0. The van der Waals surface area contributed by atoms with Gasteiger partial charge in [0.2, 0.25) is 5.91 Å². The second kappa shape index (κ2) is 9.51. The van der Waals surface area contributed by atoms with Crippen molar-refractivity contribution >= 4 is 11.8 Å². The Morgan fingerprint density at radius 3 is 1.86 bits per heavy atom. The van der Waals surface area contributed by atoms with Crippen molar-refractivity contribution in [2.45, 2.75) is 19.0 Å². The highest BCUT2D eigenvalue weighted by atomic mass is 16.2. The molecule has 3 aromatic rings. The molecule has 3 aromatic carbocycles. The lowest BCUT2D eigenvalue weighted by Gasteiger charge is -2.25. The summed E-state index contributed by atoms with van der Waals surface area (Å²) in [6, 6.07) is 27.9. The number of nitrogens with one attached hydrogen (secondary N) is 1. The van der Waals surface area contributed by atoms with Gasteiger partial charge >= 0.3 is 0 Å². The summed E-state index contributed by atoms with van der Waals surface area (Å²) >= 11 is 0. The van der Waals surface area contributed by atoms with E-state index in [9.17, 15) is 9.59 Å². The van der Waals surface area contributed by atoms with Crippen molar-refractivity contribution in [3.63, 3.8) is 0 Å². The molecule has 2 amide bonds. The number of carbonyl (C=O) groups excluding carboxylic acids is 2. The molecule has 0 bridgehead atoms. The first-order valence-corrected chi connectivity index (χ1v) is 9.32. The third-order valence-corrected chi connectivity index (χ3v) is 4.56. The quantitative estimate of drug-likeness (QED) is 0.688. The fourth-order valence-electron chi connectivity index (χ4n) is 3.08. The summed E-state index contributed by atoms with van der Waals surface area (Å²) in [5, 5.41) is 2.92. The van der Waals surface area contributed by atoms with Crippen molar-refractivity contribution in [3.05, 3.63) is 108 Å². The maximum Gasteiger partial charge on any atom is 0.251 e. The van der Waals surface area contributed by atoms with E-state index in [1.54, 1.807) is 24.1 Å². The molecular formula is C24H24N2O2. The Morgan fingerprint density at radius 2 is 1.29 bits per heavy atom. The van der Waals surface area contributed by atoms with E-state index in [1.165, 1.54) is 0 Å². The van der Waals surface area contributed by atoms with E-state index in [0.717, 1.165) is 11.1 Å². The first kappa shape index (κ1) is 19.4. The molecule has 1 N–H and O–H groups in total. The molecule has 0 saturated heterocycles. The van der Waals surface area contributed by atoms with Gasteiger partial charge in [0.05, 0.1) is 0 Å². The van der Waals surface area contributed by atoms with E-state index in [-0.39, 0.29) is 11.8 Å². The molecule has 0 unspecified atom stereocenters. The maximum absolute atomic E-state index is 13.1. The second-order valence-corrected chi connectivity index (χ2v) is 6.76. The zero-order chi connectivity index (χ0) is 19.8. The average molecular weight is 372 g/mol. The Hall–Kier alpha value is -3.40. The number of carbonyl (C=O) groups is 2. The first-order chi connectivity index (χ1) is 13.6. The van der Waals surface area contributed by atoms with Gasteiger partial charge in [-0.05, 0) is 23.3 Å². The fraction of sp³-hybridized carbons (Fsp3) is 0.167. The van der Waals surface area contributed by atoms with Crippen LogP contribution in [0.15, 0.2) is 91.0 Å². The maximum atomic E-state index is 13.1. The lowest BCUT2D eigenvalue weighted by Crippen LogP contribution is -2.48. The third kappa shape index (κ3) is 5.30. The third-order valence-electron chi connectivity index (χ3n) is 4.56. The van der Waals surface area contributed by atoms with Crippen molar-refractivity contribution in [2.24, 2.45) is 0 Å². The smallest absolute Gasteiger partial charge is 0.251 e. The molecule has 0 spiro atoms. The first-order valence-electron chi connectivity index (χ1n) is 9.32. The SMILES string of the molecule is CN(Cc1ccccc1)C(=O)[C@H](Cc1ccccc1)NC(=O)c1ccccc1. The molecule has 142 valence electrons. The van der Waals surface area contributed by atoms with Gasteiger partial charge < -0.3 is 10.2 Å². The Morgan fingerprint density at radius 1 is 0.786 bits per heavy atom. The van der Waals surface area contributed by atoms with Crippen molar-refractivity contribution in [1.82, 2.24) is 10.2 Å². The van der Waals surface area contributed by atoms with Crippen LogP contribution in [0.25, 0.3) is 0 Å². The normalized spacial score (nSPS) is 11.5. The number of likely N-dealkylation sites (N-methyl/N-ethyl adjacent to an activating group) is 1. The summed E-state index contributed by atoms with van der Waals surface area (Å²) in [6.07, 6.45) is 0.442. The highest BCUT2D eigenvalue weighted by molar-refractivity contribution is 5.97. The fourth-order valence-corrected chi connectivity index (χ4v) is 3.08. The van der Waals surface area contributed by atoms with Crippen LogP contribution in [0.2, 0.25) is 0 Å². The molecule has 4 nitrogen and oxygen atoms in total. The van der Waals surface area contributed by atoms with Gasteiger partial charge in [-0.15, -0.1) is 0 Å². The molecule has 28 heavy (non-hydrogen) atoms. The monoisotopic (exact) mass is 372 g/mol. The van der Waals surface area contributed by atoms with E-state index < -0.39 is 6.04 Å². The largest absolute Gasteiger partial charge is 0.340 e. The molecule has 0 saturated carbocycles. The van der Waals surface area contributed by atoms with Gasteiger partial charge in [-0.25, -0.2) is 0 Å². The Balaban J connectivity index is 1.76. The number of amides is 2.